The van der Waals surface area contributed by atoms with E-state index in [1.165, 1.54) is 212 Å². The molecule has 0 aromatic rings. The highest BCUT2D eigenvalue weighted by Crippen LogP contribution is 2.45. The number of carbonyl (C=O) groups excluding carboxylic acids is 4. The van der Waals surface area contributed by atoms with Gasteiger partial charge in [-0.05, 0) is 25.7 Å². The van der Waals surface area contributed by atoms with Gasteiger partial charge < -0.3 is 33.8 Å². The molecule has 19 heteroatoms. The fraction of sp³-hybridized carbons (Fsp3) is 0.944. The Morgan fingerprint density at radius 1 is 0.264 bits per heavy atom. The van der Waals surface area contributed by atoms with Crippen LogP contribution in [0.3, 0.4) is 0 Å². The Morgan fingerprint density at radius 2 is 0.440 bits per heavy atom. The van der Waals surface area contributed by atoms with Gasteiger partial charge in [0.25, 0.3) is 0 Å². The number of phosphoric ester groups is 2. The van der Waals surface area contributed by atoms with Crippen LogP contribution in [0, 0.1) is 0 Å². The van der Waals surface area contributed by atoms with E-state index in [4.69, 9.17) is 37.0 Å². The topological polar surface area (TPSA) is 237 Å². The van der Waals surface area contributed by atoms with Crippen molar-refractivity contribution in [1.82, 2.24) is 0 Å². The predicted molar refractivity (Wildman–Crippen MR) is 368 cm³/mol. The standard InChI is InChI=1S/C72H140O17P2/c1-5-9-13-17-21-25-27-28-29-30-31-32-33-34-35-36-37-39-43-47-51-55-59-72(77)89-68(63-83-70(75)57-53-49-45-42-38-26-22-18-14-10-6-2)65-87-91(80,81)85-61-66(73)60-84-90(78,79)86-64-67(88-71(76)58-54-50-46-41-24-20-16-12-8-4)62-82-69(74)56-52-48-44-40-23-19-15-11-7-3/h66-68,73H,5-65H2,1-4H3,(H,78,79)(H,80,81)/t66-,67+,68+/m0/s1. The van der Waals surface area contributed by atoms with Gasteiger partial charge in [0.2, 0.25) is 0 Å². The Balaban J connectivity index is 5.11. The largest absolute Gasteiger partial charge is 0.472 e. The highest BCUT2D eigenvalue weighted by atomic mass is 31.2. The Bertz CT molecular complexity index is 1740. The molecular formula is C72H140O17P2. The van der Waals surface area contributed by atoms with E-state index < -0.39 is 97.5 Å². The van der Waals surface area contributed by atoms with Crippen molar-refractivity contribution in [2.24, 2.45) is 0 Å². The van der Waals surface area contributed by atoms with Crippen LogP contribution < -0.4 is 0 Å². The number of ether oxygens (including phenoxy) is 4. The summed E-state index contributed by atoms with van der Waals surface area (Å²) in [6, 6.07) is 0. The van der Waals surface area contributed by atoms with Gasteiger partial charge in [-0.2, -0.15) is 0 Å². The third-order valence-electron chi connectivity index (χ3n) is 16.9. The van der Waals surface area contributed by atoms with Crippen molar-refractivity contribution in [2.45, 2.75) is 399 Å². The Morgan fingerprint density at radius 3 is 0.648 bits per heavy atom. The molecule has 0 aliphatic heterocycles. The zero-order valence-corrected chi connectivity index (χ0v) is 60.6. The molecular weight excluding hydrogens is 1200 g/mol. The minimum Gasteiger partial charge on any atom is -0.462 e. The molecule has 0 amide bonds. The van der Waals surface area contributed by atoms with Crippen molar-refractivity contribution < 1.29 is 80.2 Å². The molecule has 0 fully saturated rings. The quantitative estimate of drug-likeness (QED) is 0.0222. The molecule has 91 heavy (non-hydrogen) atoms. The minimum absolute atomic E-state index is 0.106. The maximum atomic E-state index is 13.0. The van der Waals surface area contributed by atoms with Gasteiger partial charge in [0, 0.05) is 25.7 Å². The van der Waals surface area contributed by atoms with Gasteiger partial charge in [0.15, 0.2) is 12.2 Å². The summed E-state index contributed by atoms with van der Waals surface area (Å²) in [6.45, 7) is 4.91. The number of unbranched alkanes of at least 4 members (excludes halogenated alkanes) is 47. The molecule has 0 saturated heterocycles. The Hall–Kier alpha value is -1.94. The molecule has 0 spiro atoms. The van der Waals surface area contributed by atoms with Crippen molar-refractivity contribution in [3.05, 3.63) is 0 Å². The minimum atomic E-state index is -4.95. The van der Waals surface area contributed by atoms with Gasteiger partial charge in [-0.3, -0.25) is 37.3 Å². The first-order valence-corrected chi connectivity index (χ1v) is 40.8. The summed E-state index contributed by atoms with van der Waals surface area (Å²) >= 11 is 0. The number of aliphatic hydroxyl groups excluding tert-OH is 1. The summed E-state index contributed by atoms with van der Waals surface area (Å²) < 4.78 is 68.2. The van der Waals surface area contributed by atoms with Crippen molar-refractivity contribution in [2.75, 3.05) is 39.6 Å². The van der Waals surface area contributed by atoms with Gasteiger partial charge in [0.05, 0.1) is 26.4 Å². The lowest BCUT2D eigenvalue weighted by Gasteiger charge is -2.21. The molecule has 2 unspecified atom stereocenters. The molecule has 0 saturated carbocycles. The molecule has 0 heterocycles. The average molecular weight is 1340 g/mol. The van der Waals surface area contributed by atoms with Crippen molar-refractivity contribution in [3.8, 4) is 0 Å². The van der Waals surface area contributed by atoms with Crippen LogP contribution in [-0.2, 0) is 65.4 Å². The van der Waals surface area contributed by atoms with Crippen LogP contribution in [0.5, 0.6) is 0 Å². The summed E-state index contributed by atoms with van der Waals surface area (Å²) in [7, 11) is -9.89. The molecule has 0 aromatic carbocycles. The number of carbonyl (C=O) groups is 4. The van der Waals surface area contributed by atoms with Gasteiger partial charge in [-0.1, -0.05) is 329 Å². The van der Waals surface area contributed by atoms with Gasteiger partial charge >= 0.3 is 39.5 Å². The lowest BCUT2D eigenvalue weighted by Crippen LogP contribution is -2.30. The molecule has 0 aromatic heterocycles. The zero-order valence-electron chi connectivity index (χ0n) is 58.8. The monoisotopic (exact) mass is 1340 g/mol. The molecule has 540 valence electrons. The van der Waals surface area contributed by atoms with E-state index in [9.17, 15) is 43.2 Å². The molecule has 0 rings (SSSR count). The van der Waals surface area contributed by atoms with Gasteiger partial charge in [-0.25, -0.2) is 9.13 Å². The summed E-state index contributed by atoms with van der Waals surface area (Å²) in [4.78, 5) is 72.4. The number of rotatable bonds is 73. The second-order valence-electron chi connectivity index (χ2n) is 26.0. The molecule has 0 aliphatic carbocycles. The van der Waals surface area contributed by atoms with Crippen LogP contribution in [0.25, 0.3) is 0 Å². The van der Waals surface area contributed by atoms with E-state index in [0.29, 0.717) is 25.7 Å². The maximum absolute atomic E-state index is 13.0. The fourth-order valence-corrected chi connectivity index (χ4v) is 12.6. The predicted octanol–water partition coefficient (Wildman–Crippen LogP) is 21.1. The van der Waals surface area contributed by atoms with Gasteiger partial charge in [-0.15, -0.1) is 0 Å². The third-order valence-corrected chi connectivity index (χ3v) is 18.8. The van der Waals surface area contributed by atoms with Crippen LogP contribution >= 0.6 is 15.6 Å². The smallest absolute Gasteiger partial charge is 0.462 e. The summed E-state index contributed by atoms with van der Waals surface area (Å²) in [6.07, 6.45) is 55.7. The molecule has 3 N–H and O–H groups in total. The van der Waals surface area contributed by atoms with Crippen molar-refractivity contribution in [1.29, 1.82) is 0 Å². The van der Waals surface area contributed by atoms with E-state index >= 15 is 0 Å². The highest BCUT2D eigenvalue weighted by Gasteiger charge is 2.30. The second-order valence-corrected chi connectivity index (χ2v) is 28.9. The van der Waals surface area contributed by atoms with Crippen molar-refractivity contribution in [3.63, 3.8) is 0 Å². The number of aliphatic hydroxyl groups is 1. The highest BCUT2D eigenvalue weighted by molar-refractivity contribution is 7.47. The lowest BCUT2D eigenvalue weighted by molar-refractivity contribution is -0.161. The van der Waals surface area contributed by atoms with E-state index in [0.717, 1.165) is 89.9 Å². The summed E-state index contributed by atoms with van der Waals surface area (Å²) in [5.74, 6) is -2.12. The number of hydrogen-bond donors (Lipinski definition) is 3. The number of esters is 4. The first-order valence-electron chi connectivity index (χ1n) is 37.8. The lowest BCUT2D eigenvalue weighted by atomic mass is 10.0. The van der Waals surface area contributed by atoms with E-state index in [1.807, 2.05) is 0 Å². The molecule has 0 aliphatic rings. The van der Waals surface area contributed by atoms with Crippen LogP contribution in [0.15, 0.2) is 0 Å². The van der Waals surface area contributed by atoms with Gasteiger partial charge in [0.1, 0.15) is 19.3 Å². The number of hydrogen-bond acceptors (Lipinski definition) is 15. The van der Waals surface area contributed by atoms with E-state index in [-0.39, 0.29) is 25.7 Å². The van der Waals surface area contributed by atoms with E-state index in [2.05, 4.69) is 27.7 Å². The average Bonchev–Trinajstić information content (AvgIpc) is 3.73. The molecule has 5 atom stereocenters. The normalized spacial score (nSPS) is 14.0. The fourth-order valence-electron chi connectivity index (χ4n) is 11.0. The summed E-state index contributed by atoms with van der Waals surface area (Å²) in [5.41, 5.74) is 0. The molecule has 0 bridgehead atoms. The molecule has 17 nitrogen and oxygen atoms in total. The first kappa shape index (κ1) is 89.1. The van der Waals surface area contributed by atoms with Crippen LogP contribution in [-0.4, -0.2) is 96.7 Å². The maximum Gasteiger partial charge on any atom is 0.472 e. The third kappa shape index (κ3) is 66.5. The summed E-state index contributed by atoms with van der Waals surface area (Å²) in [5, 5.41) is 10.6. The zero-order chi connectivity index (χ0) is 66.8. The molecule has 0 radical (unpaired) electrons. The Kier molecular flexibility index (Phi) is 65.2. The number of phosphoric acid groups is 2. The first-order chi connectivity index (χ1) is 44.2. The van der Waals surface area contributed by atoms with E-state index in [1.54, 1.807) is 0 Å². The SMILES string of the molecule is CCCCCCCCCCCCCCCCCCCCCCCCC(=O)O[C@H](COC(=O)CCCCCCCCCCCCC)COP(=O)(O)OC[C@@H](O)COP(=O)(O)OC[C@@H](COC(=O)CCCCCCCCCCC)OC(=O)CCCCCCCCCCC. The van der Waals surface area contributed by atoms with Crippen LogP contribution in [0.1, 0.15) is 381 Å². The Labute approximate surface area is 556 Å². The second kappa shape index (κ2) is 66.7. The van der Waals surface area contributed by atoms with Crippen LogP contribution in [0.4, 0.5) is 0 Å². The van der Waals surface area contributed by atoms with Crippen LogP contribution in [0.2, 0.25) is 0 Å². The van der Waals surface area contributed by atoms with Crippen molar-refractivity contribution >= 4 is 39.5 Å².